The molecule has 0 aliphatic rings. The van der Waals surface area contributed by atoms with Crippen molar-refractivity contribution in [1.29, 1.82) is 0 Å². The first-order chi connectivity index (χ1) is 8.85. The van der Waals surface area contributed by atoms with Gasteiger partial charge in [0.25, 0.3) is 0 Å². The van der Waals surface area contributed by atoms with Crippen LogP contribution in [0.2, 0.25) is 0 Å². The minimum absolute atomic E-state index is 0.413. The van der Waals surface area contributed by atoms with Gasteiger partial charge in [-0.3, -0.25) is 4.98 Å². The summed E-state index contributed by atoms with van der Waals surface area (Å²) in [6.45, 7) is 3.37. The van der Waals surface area contributed by atoms with E-state index >= 15 is 0 Å². The van der Waals surface area contributed by atoms with E-state index in [4.69, 9.17) is 5.11 Å². The molecule has 1 heterocycles. The van der Waals surface area contributed by atoms with Crippen molar-refractivity contribution in [1.82, 2.24) is 15.2 Å². The molecule has 0 unspecified atom stereocenters. The average molecular weight is 265 g/mol. The summed E-state index contributed by atoms with van der Waals surface area (Å²) >= 11 is 0. The van der Waals surface area contributed by atoms with Gasteiger partial charge in [0.05, 0.1) is 0 Å². The highest BCUT2D eigenvalue weighted by molar-refractivity contribution is 5.85. The predicted molar refractivity (Wildman–Crippen MR) is 70.8 cm³/mol. The second kappa shape index (κ2) is 6.17. The van der Waals surface area contributed by atoms with E-state index in [1.165, 1.54) is 25.8 Å². The van der Waals surface area contributed by atoms with Crippen LogP contribution in [0.1, 0.15) is 19.5 Å². The van der Waals surface area contributed by atoms with E-state index in [-0.39, 0.29) is 0 Å². The lowest BCUT2D eigenvalue weighted by atomic mass is 10.1. The van der Waals surface area contributed by atoms with Gasteiger partial charge in [-0.15, -0.1) is 0 Å². The number of pyridine rings is 1. The van der Waals surface area contributed by atoms with Crippen LogP contribution in [0.4, 0.5) is 4.79 Å². The van der Waals surface area contributed by atoms with Crippen LogP contribution in [-0.4, -0.2) is 46.1 Å². The highest BCUT2D eigenvalue weighted by Gasteiger charge is 2.34. The molecule has 0 saturated carbocycles. The molecule has 0 saturated heterocycles. The molecular formula is C13H19N3O3. The molecule has 6 nitrogen and oxygen atoms in total. The Morgan fingerprint density at radius 2 is 2.11 bits per heavy atom. The van der Waals surface area contributed by atoms with Gasteiger partial charge in [-0.1, -0.05) is 6.07 Å². The number of hydrogen-bond donors (Lipinski definition) is 2. The standard InChI is InChI=1S/C13H19N3O3/c1-13(2,11(17)18)16(3)12(19)15-9-7-10-6-4-5-8-14-10/h4-6,8H,7,9H2,1-3H3,(H,15,19)(H,17,18). The molecule has 2 N–H and O–H groups in total. The summed E-state index contributed by atoms with van der Waals surface area (Å²) < 4.78 is 0. The zero-order valence-electron chi connectivity index (χ0n) is 11.4. The van der Waals surface area contributed by atoms with Gasteiger partial charge in [-0.2, -0.15) is 0 Å². The number of amides is 2. The van der Waals surface area contributed by atoms with Gasteiger partial charge in [0.1, 0.15) is 5.54 Å². The second-order valence-corrected chi connectivity index (χ2v) is 4.73. The molecule has 1 aromatic rings. The highest BCUT2D eigenvalue weighted by Crippen LogP contribution is 2.12. The van der Waals surface area contributed by atoms with Crippen molar-refractivity contribution in [2.24, 2.45) is 0 Å². The Labute approximate surface area is 112 Å². The zero-order chi connectivity index (χ0) is 14.5. The van der Waals surface area contributed by atoms with E-state index < -0.39 is 17.5 Å². The van der Waals surface area contributed by atoms with Gasteiger partial charge >= 0.3 is 12.0 Å². The summed E-state index contributed by atoms with van der Waals surface area (Å²) in [6.07, 6.45) is 2.30. The first kappa shape index (κ1) is 14.9. The Morgan fingerprint density at radius 1 is 1.42 bits per heavy atom. The number of aromatic nitrogens is 1. The number of rotatable bonds is 5. The minimum Gasteiger partial charge on any atom is -0.480 e. The Balaban J connectivity index is 2.46. The number of hydrogen-bond acceptors (Lipinski definition) is 3. The number of carboxylic acids is 1. The zero-order valence-corrected chi connectivity index (χ0v) is 11.4. The Morgan fingerprint density at radius 3 is 2.63 bits per heavy atom. The minimum atomic E-state index is -1.24. The molecule has 104 valence electrons. The van der Waals surface area contributed by atoms with Crippen molar-refractivity contribution in [3.63, 3.8) is 0 Å². The topological polar surface area (TPSA) is 82.5 Å². The second-order valence-electron chi connectivity index (χ2n) is 4.73. The first-order valence-corrected chi connectivity index (χ1v) is 6.00. The van der Waals surface area contributed by atoms with Crippen molar-refractivity contribution in [3.8, 4) is 0 Å². The maximum Gasteiger partial charge on any atom is 0.329 e. The van der Waals surface area contributed by atoms with Crippen molar-refractivity contribution in [2.45, 2.75) is 25.8 Å². The van der Waals surface area contributed by atoms with Crippen molar-refractivity contribution in [3.05, 3.63) is 30.1 Å². The maximum absolute atomic E-state index is 11.8. The third kappa shape index (κ3) is 3.94. The lowest BCUT2D eigenvalue weighted by Gasteiger charge is -2.31. The fourth-order valence-corrected chi connectivity index (χ4v) is 1.36. The maximum atomic E-state index is 11.8. The van der Waals surface area contributed by atoms with Crippen LogP contribution >= 0.6 is 0 Å². The lowest BCUT2D eigenvalue weighted by molar-refractivity contribution is -0.146. The van der Waals surface area contributed by atoms with Crippen LogP contribution in [0.25, 0.3) is 0 Å². The molecule has 19 heavy (non-hydrogen) atoms. The number of carboxylic acid groups (broad SMARTS) is 1. The molecule has 2 amide bonds. The number of carbonyl (C=O) groups excluding carboxylic acids is 1. The van der Waals surface area contributed by atoms with Gasteiger partial charge in [0, 0.05) is 31.9 Å². The Kier molecular flexibility index (Phi) is 4.86. The van der Waals surface area contributed by atoms with E-state index in [1.807, 2.05) is 18.2 Å². The van der Waals surface area contributed by atoms with E-state index in [0.29, 0.717) is 13.0 Å². The molecule has 0 bridgehead atoms. The average Bonchev–Trinajstić information content (AvgIpc) is 2.38. The quantitative estimate of drug-likeness (QED) is 0.836. The van der Waals surface area contributed by atoms with Crippen molar-refractivity contribution >= 4 is 12.0 Å². The molecular weight excluding hydrogens is 246 g/mol. The van der Waals surface area contributed by atoms with Gasteiger partial charge in [-0.05, 0) is 26.0 Å². The SMILES string of the molecule is CN(C(=O)NCCc1ccccn1)C(C)(C)C(=O)O. The normalized spacial score (nSPS) is 10.9. The van der Waals surface area contributed by atoms with Crippen LogP contribution in [0.15, 0.2) is 24.4 Å². The molecule has 0 aromatic carbocycles. The number of urea groups is 1. The van der Waals surface area contributed by atoms with E-state index in [1.54, 1.807) is 6.20 Å². The molecule has 0 fully saturated rings. The van der Waals surface area contributed by atoms with Gasteiger partial charge < -0.3 is 15.3 Å². The highest BCUT2D eigenvalue weighted by atomic mass is 16.4. The first-order valence-electron chi connectivity index (χ1n) is 6.00. The molecule has 6 heteroatoms. The van der Waals surface area contributed by atoms with Crippen LogP contribution in [-0.2, 0) is 11.2 Å². The smallest absolute Gasteiger partial charge is 0.329 e. The summed E-state index contributed by atoms with van der Waals surface area (Å²) in [5.41, 5.74) is -0.363. The predicted octanol–water partition coefficient (Wildman–Crippen LogP) is 1.13. The van der Waals surface area contributed by atoms with Crippen LogP contribution in [0.3, 0.4) is 0 Å². The number of aliphatic carboxylic acids is 1. The van der Waals surface area contributed by atoms with E-state index in [2.05, 4.69) is 10.3 Å². The summed E-state index contributed by atoms with van der Waals surface area (Å²) in [7, 11) is 1.46. The Hall–Kier alpha value is -2.11. The van der Waals surface area contributed by atoms with Crippen LogP contribution in [0, 0.1) is 0 Å². The third-order valence-corrected chi connectivity index (χ3v) is 3.05. The number of likely N-dealkylation sites (N-methyl/N-ethyl adjacent to an activating group) is 1. The number of nitrogens with zero attached hydrogens (tertiary/aromatic N) is 2. The molecule has 0 atom stereocenters. The fourth-order valence-electron chi connectivity index (χ4n) is 1.36. The summed E-state index contributed by atoms with van der Waals surface area (Å²) in [6, 6.07) is 5.16. The Bertz CT molecular complexity index is 446. The molecule has 0 aliphatic carbocycles. The third-order valence-electron chi connectivity index (χ3n) is 3.05. The largest absolute Gasteiger partial charge is 0.480 e. The van der Waals surface area contributed by atoms with Crippen molar-refractivity contribution in [2.75, 3.05) is 13.6 Å². The fraction of sp³-hybridized carbons (Fsp3) is 0.462. The number of carbonyl (C=O) groups is 2. The summed E-state index contributed by atoms with van der Waals surface area (Å²) in [5.74, 6) is -1.05. The van der Waals surface area contributed by atoms with Gasteiger partial charge in [0.2, 0.25) is 0 Å². The summed E-state index contributed by atoms with van der Waals surface area (Å²) in [5, 5.41) is 11.7. The number of nitrogens with one attached hydrogen (secondary N) is 1. The summed E-state index contributed by atoms with van der Waals surface area (Å²) in [4.78, 5) is 28.2. The van der Waals surface area contributed by atoms with Crippen molar-refractivity contribution < 1.29 is 14.7 Å². The van der Waals surface area contributed by atoms with Crippen LogP contribution < -0.4 is 5.32 Å². The molecule has 0 radical (unpaired) electrons. The molecule has 1 rings (SSSR count). The van der Waals surface area contributed by atoms with Gasteiger partial charge in [-0.25, -0.2) is 9.59 Å². The van der Waals surface area contributed by atoms with Gasteiger partial charge in [0.15, 0.2) is 0 Å². The monoisotopic (exact) mass is 265 g/mol. The van der Waals surface area contributed by atoms with E-state index in [0.717, 1.165) is 5.69 Å². The lowest BCUT2D eigenvalue weighted by Crippen LogP contribution is -2.54. The molecule has 1 aromatic heterocycles. The molecule has 0 spiro atoms. The van der Waals surface area contributed by atoms with Crippen LogP contribution in [0.5, 0.6) is 0 Å². The molecule has 0 aliphatic heterocycles. The van der Waals surface area contributed by atoms with E-state index in [9.17, 15) is 9.59 Å².